The van der Waals surface area contributed by atoms with Gasteiger partial charge in [-0.25, -0.2) is 8.42 Å². The Morgan fingerprint density at radius 3 is 2.29 bits per heavy atom. The summed E-state index contributed by atoms with van der Waals surface area (Å²) < 4.78 is 27.7. The topological polar surface area (TPSA) is 77.5 Å². The first-order chi connectivity index (χ1) is 9.68. The first kappa shape index (κ1) is 17.1. The molecule has 1 rings (SSSR count). The molecule has 0 saturated heterocycles. The lowest BCUT2D eigenvalue weighted by Crippen LogP contribution is -2.14. The van der Waals surface area contributed by atoms with E-state index < -0.39 is 21.9 Å². The summed E-state index contributed by atoms with van der Waals surface area (Å²) in [5, 5.41) is 0. The van der Waals surface area contributed by atoms with Gasteiger partial charge in [-0.15, -0.1) is 0 Å². The minimum atomic E-state index is -3.20. The van der Waals surface area contributed by atoms with Crippen LogP contribution in [0.25, 0.3) is 6.08 Å². The van der Waals surface area contributed by atoms with Crippen molar-refractivity contribution in [3.63, 3.8) is 0 Å². The molecule has 1 atom stereocenters. The van der Waals surface area contributed by atoms with E-state index in [-0.39, 0.29) is 17.1 Å². The molecule has 0 fully saturated rings. The molecule has 6 heteroatoms. The lowest BCUT2D eigenvalue weighted by Gasteiger charge is -2.08. The highest BCUT2D eigenvalue weighted by Gasteiger charge is 2.09. The van der Waals surface area contributed by atoms with Crippen LogP contribution in [0, 0.1) is 0 Å². The maximum atomic E-state index is 11.3. The number of sulfone groups is 1. The van der Waals surface area contributed by atoms with Gasteiger partial charge in [0.05, 0.1) is 4.90 Å². The van der Waals surface area contributed by atoms with Gasteiger partial charge in [0.15, 0.2) is 9.84 Å². The fraction of sp³-hybridized carbons (Fsp3) is 0.333. The van der Waals surface area contributed by atoms with Crippen LogP contribution in [0.3, 0.4) is 0 Å². The summed E-state index contributed by atoms with van der Waals surface area (Å²) in [7, 11) is -3.20. The van der Waals surface area contributed by atoms with Crippen molar-refractivity contribution in [1.82, 2.24) is 0 Å². The van der Waals surface area contributed by atoms with Crippen molar-refractivity contribution in [2.75, 3.05) is 6.26 Å². The number of carbonyl (C=O) groups is 2. The van der Waals surface area contributed by atoms with Gasteiger partial charge in [0.2, 0.25) is 0 Å². The average molecular weight is 310 g/mol. The number of rotatable bonds is 6. The van der Waals surface area contributed by atoms with Gasteiger partial charge < -0.3 is 4.74 Å². The van der Waals surface area contributed by atoms with E-state index in [0.717, 1.165) is 11.8 Å². The third kappa shape index (κ3) is 6.35. The molecular formula is C15H18O5S. The van der Waals surface area contributed by atoms with Gasteiger partial charge in [0.1, 0.15) is 18.3 Å². The molecule has 0 amide bonds. The molecule has 5 nitrogen and oxygen atoms in total. The molecule has 0 aliphatic carbocycles. The molecule has 0 spiro atoms. The number of esters is 1. The molecule has 0 N–H and O–H groups in total. The van der Waals surface area contributed by atoms with Gasteiger partial charge in [-0.1, -0.05) is 18.2 Å². The van der Waals surface area contributed by atoms with Crippen LogP contribution in [0.15, 0.2) is 35.2 Å². The van der Waals surface area contributed by atoms with Crippen molar-refractivity contribution in [1.29, 1.82) is 0 Å². The van der Waals surface area contributed by atoms with Gasteiger partial charge in [-0.2, -0.15) is 0 Å². The molecule has 21 heavy (non-hydrogen) atoms. The van der Waals surface area contributed by atoms with Crippen molar-refractivity contribution in [3.05, 3.63) is 35.9 Å². The lowest BCUT2D eigenvalue weighted by molar-refractivity contribution is -0.147. The van der Waals surface area contributed by atoms with Crippen LogP contribution in [0.1, 0.15) is 25.8 Å². The fourth-order valence-electron chi connectivity index (χ4n) is 1.56. The summed E-state index contributed by atoms with van der Waals surface area (Å²) in [6, 6.07) is 6.36. The Hall–Kier alpha value is -1.95. The van der Waals surface area contributed by atoms with Crippen LogP contribution in [0.4, 0.5) is 0 Å². The van der Waals surface area contributed by atoms with E-state index in [1.54, 1.807) is 31.2 Å². The lowest BCUT2D eigenvalue weighted by atomic mass is 10.2. The van der Waals surface area contributed by atoms with Gasteiger partial charge in [-0.3, -0.25) is 9.59 Å². The fourth-order valence-corrected chi connectivity index (χ4v) is 2.19. The minimum absolute atomic E-state index is 0.235. The maximum Gasteiger partial charge on any atom is 0.313 e. The van der Waals surface area contributed by atoms with Gasteiger partial charge in [-0.05, 0) is 37.6 Å². The van der Waals surface area contributed by atoms with E-state index in [1.165, 1.54) is 19.1 Å². The third-order valence-electron chi connectivity index (χ3n) is 2.58. The van der Waals surface area contributed by atoms with Crippen LogP contribution in [0.5, 0.6) is 0 Å². The molecule has 1 aromatic carbocycles. The third-order valence-corrected chi connectivity index (χ3v) is 3.71. The summed E-state index contributed by atoms with van der Waals surface area (Å²) in [6.07, 6.45) is 3.83. The Labute approximate surface area is 124 Å². The van der Waals surface area contributed by atoms with Gasteiger partial charge in [0, 0.05) is 6.26 Å². The highest BCUT2D eigenvalue weighted by molar-refractivity contribution is 7.90. The Bertz CT molecular complexity index is 641. The average Bonchev–Trinajstić information content (AvgIpc) is 2.34. The molecule has 0 aliphatic rings. The molecule has 1 unspecified atom stereocenters. The number of hydrogen-bond acceptors (Lipinski definition) is 5. The molecule has 114 valence electrons. The van der Waals surface area contributed by atoms with E-state index in [4.69, 9.17) is 4.74 Å². The van der Waals surface area contributed by atoms with E-state index in [9.17, 15) is 18.0 Å². The monoisotopic (exact) mass is 310 g/mol. The second kappa shape index (κ2) is 7.17. The predicted octanol–water partition coefficient (Wildman–Crippen LogP) is 2.01. The summed E-state index contributed by atoms with van der Waals surface area (Å²) in [6.45, 7) is 3.00. The predicted molar refractivity (Wildman–Crippen MR) is 79.4 cm³/mol. The SMILES string of the molecule is CC(=O)CC(=O)OC(C)/C=C/c1ccc(S(C)(=O)=O)cc1. The number of ether oxygens (including phenoxy) is 1. The molecular weight excluding hydrogens is 292 g/mol. The minimum Gasteiger partial charge on any atom is -0.458 e. The quantitative estimate of drug-likeness (QED) is 0.593. The second-order valence-electron chi connectivity index (χ2n) is 4.77. The van der Waals surface area contributed by atoms with Gasteiger partial charge in [0.25, 0.3) is 0 Å². The molecule has 0 radical (unpaired) electrons. The summed E-state index contributed by atoms with van der Waals surface area (Å²) in [5.74, 6) is -0.806. The maximum absolute atomic E-state index is 11.3. The number of Topliss-reactive ketones (excluding diaryl/α,β-unsaturated/α-hetero) is 1. The summed E-state index contributed by atoms with van der Waals surface area (Å²) in [4.78, 5) is 22.3. The zero-order valence-electron chi connectivity index (χ0n) is 12.2. The Morgan fingerprint density at radius 2 is 1.81 bits per heavy atom. The zero-order chi connectivity index (χ0) is 16.0. The van der Waals surface area contributed by atoms with E-state index >= 15 is 0 Å². The van der Waals surface area contributed by atoms with E-state index in [2.05, 4.69) is 0 Å². The number of ketones is 1. The Balaban J connectivity index is 2.64. The zero-order valence-corrected chi connectivity index (χ0v) is 13.0. The standard InChI is InChI=1S/C15H18O5S/c1-11(16)10-15(17)20-12(2)4-5-13-6-8-14(9-7-13)21(3,18)19/h4-9,12H,10H2,1-3H3/b5-4+. The first-order valence-electron chi connectivity index (χ1n) is 6.35. The Morgan fingerprint density at radius 1 is 1.24 bits per heavy atom. The van der Waals surface area contributed by atoms with Gasteiger partial charge >= 0.3 is 5.97 Å². The van der Waals surface area contributed by atoms with Crippen molar-refractivity contribution in [2.24, 2.45) is 0 Å². The van der Waals surface area contributed by atoms with Crippen LogP contribution in [-0.4, -0.2) is 32.5 Å². The largest absolute Gasteiger partial charge is 0.458 e. The molecule has 0 aliphatic heterocycles. The van der Waals surface area contributed by atoms with Crippen molar-refractivity contribution in [2.45, 2.75) is 31.3 Å². The number of carbonyl (C=O) groups excluding carboxylic acids is 2. The van der Waals surface area contributed by atoms with Crippen LogP contribution in [-0.2, 0) is 24.2 Å². The Kier molecular flexibility index (Phi) is 5.84. The van der Waals surface area contributed by atoms with Crippen LogP contribution < -0.4 is 0 Å². The highest BCUT2D eigenvalue weighted by Crippen LogP contribution is 2.12. The number of benzene rings is 1. The van der Waals surface area contributed by atoms with Crippen molar-refractivity contribution in [3.8, 4) is 0 Å². The normalized spacial score (nSPS) is 13.1. The molecule has 0 aromatic heterocycles. The summed E-state index contributed by atoms with van der Waals surface area (Å²) >= 11 is 0. The second-order valence-corrected chi connectivity index (χ2v) is 6.79. The van der Waals surface area contributed by atoms with E-state index in [0.29, 0.717) is 0 Å². The van der Waals surface area contributed by atoms with Crippen LogP contribution in [0.2, 0.25) is 0 Å². The molecule has 0 heterocycles. The van der Waals surface area contributed by atoms with Crippen LogP contribution >= 0.6 is 0 Å². The van der Waals surface area contributed by atoms with E-state index in [1.807, 2.05) is 0 Å². The molecule has 0 saturated carbocycles. The van der Waals surface area contributed by atoms with Crippen molar-refractivity contribution < 1.29 is 22.7 Å². The first-order valence-corrected chi connectivity index (χ1v) is 8.25. The number of hydrogen-bond donors (Lipinski definition) is 0. The molecule has 1 aromatic rings. The summed E-state index contributed by atoms with van der Waals surface area (Å²) in [5.41, 5.74) is 0.789. The molecule has 0 bridgehead atoms. The highest BCUT2D eigenvalue weighted by atomic mass is 32.2. The van der Waals surface area contributed by atoms with Crippen molar-refractivity contribution >= 4 is 27.7 Å². The smallest absolute Gasteiger partial charge is 0.313 e.